The Hall–Kier alpha value is -0.810. The number of hydrogen-bond acceptors (Lipinski definition) is 4. The molecule has 0 radical (unpaired) electrons. The van der Waals surface area contributed by atoms with Crippen LogP contribution in [0.15, 0.2) is 38.4 Å². The quantitative estimate of drug-likeness (QED) is 0.459. The zero-order chi connectivity index (χ0) is 14.2. The van der Waals surface area contributed by atoms with Crippen molar-refractivity contribution in [3.63, 3.8) is 0 Å². The van der Waals surface area contributed by atoms with E-state index in [2.05, 4.69) is 33.1 Å². The van der Waals surface area contributed by atoms with Crippen molar-refractivity contribution >= 4 is 27.7 Å². The second-order valence-electron chi connectivity index (χ2n) is 4.64. The van der Waals surface area contributed by atoms with Crippen LogP contribution in [0.3, 0.4) is 0 Å². The second kappa shape index (κ2) is 8.47. The first-order valence-corrected chi connectivity index (χ1v) is 8.79. The van der Waals surface area contributed by atoms with Crippen molar-refractivity contribution in [3.8, 4) is 11.5 Å². The Labute approximate surface area is 132 Å². The molecule has 0 amide bonds. The number of thioether (sulfide) groups is 1. The Kier molecular flexibility index (Phi) is 6.60. The largest absolute Gasteiger partial charge is 0.411 e. The van der Waals surface area contributed by atoms with Gasteiger partial charge in [-0.25, -0.2) is 0 Å². The van der Waals surface area contributed by atoms with Gasteiger partial charge in [0.2, 0.25) is 5.89 Å². The van der Waals surface area contributed by atoms with Crippen LogP contribution in [0.25, 0.3) is 11.5 Å². The van der Waals surface area contributed by atoms with Crippen LogP contribution in [0.2, 0.25) is 0 Å². The Morgan fingerprint density at radius 2 is 1.80 bits per heavy atom. The minimum absolute atomic E-state index is 0.589. The molecule has 2 aromatic rings. The Morgan fingerprint density at radius 3 is 2.55 bits per heavy atom. The molecule has 5 heteroatoms. The highest BCUT2D eigenvalue weighted by atomic mass is 79.9. The fourth-order valence-corrected chi connectivity index (χ4v) is 2.87. The van der Waals surface area contributed by atoms with Gasteiger partial charge in [-0.1, -0.05) is 60.3 Å². The summed E-state index contributed by atoms with van der Waals surface area (Å²) in [5, 5.41) is 8.84. The lowest BCUT2D eigenvalue weighted by atomic mass is 10.2. The Bertz CT molecular complexity index is 513. The van der Waals surface area contributed by atoms with Gasteiger partial charge in [0.25, 0.3) is 5.22 Å². The molecule has 0 bridgehead atoms. The minimum atomic E-state index is 0.589. The van der Waals surface area contributed by atoms with E-state index < -0.39 is 0 Å². The fourth-order valence-electron chi connectivity index (χ4n) is 1.84. The third kappa shape index (κ3) is 4.94. The molecular formula is C15H19BrN2OS. The predicted molar refractivity (Wildman–Crippen MR) is 86.9 cm³/mol. The SMILES string of the molecule is CCCCCCCSc1nnc(-c2ccc(Br)cc2)o1. The molecule has 108 valence electrons. The van der Waals surface area contributed by atoms with Crippen LogP contribution in [-0.4, -0.2) is 16.0 Å². The summed E-state index contributed by atoms with van der Waals surface area (Å²) < 4.78 is 6.71. The van der Waals surface area contributed by atoms with Crippen molar-refractivity contribution < 1.29 is 4.42 Å². The van der Waals surface area contributed by atoms with E-state index in [0.29, 0.717) is 11.1 Å². The van der Waals surface area contributed by atoms with Crippen molar-refractivity contribution in [2.75, 3.05) is 5.75 Å². The summed E-state index contributed by atoms with van der Waals surface area (Å²) in [7, 11) is 0. The number of aromatic nitrogens is 2. The minimum Gasteiger partial charge on any atom is -0.411 e. The third-order valence-electron chi connectivity index (χ3n) is 2.97. The van der Waals surface area contributed by atoms with Crippen LogP contribution in [0, 0.1) is 0 Å². The summed E-state index contributed by atoms with van der Waals surface area (Å²) in [6.07, 6.45) is 6.44. The molecule has 1 heterocycles. The van der Waals surface area contributed by atoms with Crippen molar-refractivity contribution in [2.24, 2.45) is 0 Å². The average Bonchev–Trinajstić information content (AvgIpc) is 2.92. The Morgan fingerprint density at radius 1 is 1.05 bits per heavy atom. The van der Waals surface area contributed by atoms with Gasteiger partial charge < -0.3 is 4.42 Å². The first-order chi connectivity index (χ1) is 9.79. The molecule has 0 saturated heterocycles. The number of hydrogen-bond donors (Lipinski definition) is 0. The molecule has 0 saturated carbocycles. The highest BCUT2D eigenvalue weighted by Crippen LogP contribution is 2.25. The van der Waals surface area contributed by atoms with Gasteiger partial charge in [0.15, 0.2) is 0 Å². The highest BCUT2D eigenvalue weighted by molar-refractivity contribution is 9.10. The zero-order valence-corrected chi connectivity index (χ0v) is 14.0. The molecule has 20 heavy (non-hydrogen) atoms. The van der Waals surface area contributed by atoms with Crippen molar-refractivity contribution in [1.29, 1.82) is 0 Å². The fraction of sp³-hybridized carbons (Fsp3) is 0.467. The molecule has 0 fully saturated rings. The van der Waals surface area contributed by atoms with Crippen molar-refractivity contribution in [3.05, 3.63) is 28.7 Å². The van der Waals surface area contributed by atoms with E-state index in [0.717, 1.165) is 15.8 Å². The van der Waals surface area contributed by atoms with Crippen LogP contribution in [0.4, 0.5) is 0 Å². The number of nitrogens with zero attached hydrogens (tertiary/aromatic N) is 2. The number of rotatable bonds is 8. The summed E-state index contributed by atoms with van der Waals surface area (Å²) in [5.74, 6) is 1.64. The van der Waals surface area contributed by atoms with Gasteiger partial charge in [-0.3, -0.25) is 0 Å². The monoisotopic (exact) mass is 354 g/mol. The third-order valence-corrected chi connectivity index (χ3v) is 4.40. The normalized spacial score (nSPS) is 10.9. The maximum atomic E-state index is 5.66. The smallest absolute Gasteiger partial charge is 0.276 e. The van der Waals surface area contributed by atoms with Crippen LogP contribution < -0.4 is 0 Å². The van der Waals surface area contributed by atoms with Crippen LogP contribution in [-0.2, 0) is 0 Å². The summed E-state index contributed by atoms with van der Waals surface area (Å²) >= 11 is 5.06. The number of halogens is 1. The van der Waals surface area contributed by atoms with Crippen LogP contribution in [0.1, 0.15) is 39.0 Å². The van der Waals surface area contributed by atoms with Gasteiger partial charge in [0.05, 0.1) is 0 Å². The molecule has 0 aliphatic carbocycles. The lowest BCUT2D eigenvalue weighted by Gasteiger charge is -1.97. The van der Waals surface area contributed by atoms with E-state index in [1.165, 1.54) is 32.1 Å². The van der Waals surface area contributed by atoms with Gasteiger partial charge in [-0.15, -0.1) is 10.2 Å². The number of benzene rings is 1. The molecule has 0 aliphatic rings. The Balaban J connectivity index is 1.79. The van der Waals surface area contributed by atoms with Crippen molar-refractivity contribution in [1.82, 2.24) is 10.2 Å². The van der Waals surface area contributed by atoms with Gasteiger partial charge in [0.1, 0.15) is 0 Å². The lowest BCUT2D eigenvalue weighted by molar-refractivity contribution is 0.465. The first kappa shape index (κ1) is 15.6. The van der Waals surface area contributed by atoms with Crippen LogP contribution in [0.5, 0.6) is 0 Å². The van der Waals surface area contributed by atoms with E-state index in [1.54, 1.807) is 11.8 Å². The van der Waals surface area contributed by atoms with E-state index in [9.17, 15) is 0 Å². The summed E-state index contributed by atoms with van der Waals surface area (Å²) in [6.45, 7) is 2.23. The lowest BCUT2D eigenvalue weighted by Crippen LogP contribution is -1.82. The van der Waals surface area contributed by atoms with Gasteiger partial charge in [0, 0.05) is 15.8 Å². The number of unbranched alkanes of at least 4 members (excludes halogenated alkanes) is 4. The predicted octanol–water partition coefficient (Wildman–Crippen LogP) is 5.56. The van der Waals surface area contributed by atoms with E-state index in [4.69, 9.17) is 4.42 Å². The van der Waals surface area contributed by atoms with Gasteiger partial charge in [-0.2, -0.15) is 0 Å². The molecule has 0 atom stereocenters. The topological polar surface area (TPSA) is 38.9 Å². The average molecular weight is 355 g/mol. The summed E-state index contributed by atoms with van der Waals surface area (Å²) in [4.78, 5) is 0. The maximum Gasteiger partial charge on any atom is 0.276 e. The highest BCUT2D eigenvalue weighted by Gasteiger charge is 2.08. The summed E-state index contributed by atoms with van der Waals surface area (Å²) in [5.41, 5.74) is 0.954. The first-order valence-electron chi connectivity index (χ1n) is 7.02. The van der Waals surface area contributed by atoms with E-state index in [1.807, 2.05) is 24.3 Å². The van der Waals surface area contributed by atoms with E-state index >= 15 is 0 Å². The van der Waals surface area contributed by atoms with E-state index in [-0.39, 0.29) is 0 Å². The maximum absolute atomic E-state index is 5.66. The molecule has 0 unspecified atom stereocenters. The zero-order valence-electron chi connectivity index (χ0n) is 11.6. The summed E-state index contributed by atoms with van der Waals surface area (Å²) in [6, 6.07) is 7.88. The molecule has 3 nitrogen and oxygen atoms in total. The molecule has 0 spiro atoms. The second-order valence-corrected chi connectivity index (χ2v) is 6.60. The van der Waals surface area contributed by atoms with Crippen molar-refractivity contribution in [2.45, 2.75) is 44.3 Å². The standard InChI is InChI=1S/C15H19BrN2OS/c1-2-3-4-5-6-11-20-15-18-17-14(19-15)12-7-9-13(16)10-8-12/h7-10H,2-6,11H2,1H3. The molecule has 0 N–H and O–H groups in total. The molecule has 1 aromatic heterocycles. The van der Waals surface area contributed by atoms with Crippen LogP contribution >= 0.6 is 27.7 Å². The molecule has 0 aliphatic heterocycles. The molecule has 2 rings (SSSR count). The molecule has 1 aromatic carbocycles. The van der Waals surface area contributed by atoms with Gasteiger partial charge >= 0.3 is 0 Å². The molecular weight excluding hydrogens is 336 g/mol. The van der Waals surface area contributed by atoms with Gasteiger partial charge in [-0.05, 0) is 30.7 Å².